The van der Waals surface area contributed by atoms with Gasteiger partial charge in [0.15, 0.2) is 0 Å². The van der Waals surface area contributed by atoms with Crippen molar-refractivity contribution in [2.24, 2.45) is 5.73 Å². The van der Waals surface area contributed by atoms with E-state index < -0.39 is 0 Å². The van der Waals surface area contributed by atoms with Gasteiger partial charge in [0.05, 0.1) is 18.3 Å². The Morgan fingerprint density at radius 1 is 1.44 bits per heavy atom. The van der Waals surface area contributed by atoms with E-state index in [9.17, 15) is 5.11 Å². The lowest BCUT2D eigenvalue weighted by atomic mass is 10.00. The Balaban J connectivity index is 2.42. The Morgan fingerprint density at radius 3 is 2.75 bits per heavy atom. The van der Waals surface area contributed by atoms with Crippen molar-refractivity contribution in [3.63, 3.8) is 0 Å². The first-order valence-electron chi connectivity index (χ1n) is 6.08. The highest BCUT2D eigenvalue weighted by Gasteiger charge is 2.24. The van der Waals surface area contributed by atoms with Gasteiger partial charge in [-0.3, -0.25) is 0 Å². The monoisotopic (exact) mass is 223 g/mol. The molecule has 0 amide bonds. The molecule has 3 N–H and O–H groups in total. The molecule has 0 bridgehead atoms. The zero-order valence-electron chi connectivity index (χ0n) is 10.1. The van der Waals surface area contributed by atoms with Crippen LogP contribution in [0.1, 0.15) is 43.0 Å². The van der Waals surface area contributed by atoms with Crippen LogP contribution >= 0.6 is 0 Å². The second kappa shape index (κ2) is 4.55. The highest BCUT2D eigenvalue weighted by atomic mass is 16.3. The fraction of sp³-hybridized carbons (Fsp3) is 0.750. The summed E-state index contributed by atoms with van der Waals surface area (Å²) in [5, 5.41) is 9.47. The summed E-state index contributed by atoms with van der Waals surface area (Å²) in [5.41, 5.74) is 8.43. The van der Waals surface area contributed by atoms with Gasteiger partial charge in [0, 0.05) is 11.7 Å². The molecule has 2 rings (SSSR count). The number of nitrogens with zero attached hydrogens (tertiary/aromatic N) is 2. The smallest absolute Gasteiger partial charge is 0.106 e. The zero-order chi connectivity index (χ0) is 11.7. The van der Waals surface area contributed by atoms with E-state index in [2.05, 4.69) is 9.55 Å². The van der Waals surface area contributed by atoms with Crippen molar-refractivity contribution >= 4 is 0 Å². The lowest BCUT2D eigenvalue weighted by Crippen LogP contribution is -2.33. The summed E-state index contributed by atoms with van der Waals surface area (Å²) < 4.78 is 2.15. The topological polar surface area (TPSA) is 64.1 Å². The summed E-state index contributed by atoms with van der Waals surface area (Å²) in [6.45, 7) is 4.03. The van der Waals surface area contributed by atoms with E-state index >= 15 is 0 Å². The molecule has 2 atom stereocenters. The molecule has 2 unspecified atom stereocenters. The number of hydrogen-bond acceptors (Lipinski definition) is 3. The van der Waals surface area contributed by atoms with Crippen molar-refractivity contribution < 1.29 is 5.11 Å². The van der Waals surface area contributed by atoms with Crippen molar-refractivity contribution in [3.05, 3.63) is 17.2 Å². The maximum absolute atomic E-state index is 9.47. The van der Waals surface area contributed by atoms with Crippen molar-refractivity contribution in [1.82, 2.24) is 9.55 Å². The molecule has 0 aromatic carbocycles. The standard InChI is InChI=1S/C12H21N3O/c1-8(13)12(7-16)15-9(2)14-10-5-3-4-6-11(10)15/h8,12,16H,3-7,13H2,1-2H3. The molecule has 1 heterocycles. The molecule has 4 nitrogen and oxygen atoms in total. The normalized spacial score (nSPS) is 19.2. The average molecular weight is 223 g/mol. The number of aliphatic hydroxyl groups is 1. The minimum absolute atomic E-state index is 0.0330. The van der Waals surface area contributed by atoms with Crippen LogP contribution in [0.3, 0.4) is 0 Å². The molecule has 1 aromatic rings. The predicted molar refractivity (Wildman–Crippen MR) is 63.4 cm³/mol. The molecular weight excluding hydrogens is 202 g/mol. The second-order valence-electron chi connectivity index (χ2n) is 4.74. The summed E-state index contributed by atoms with van der Waals surface area (Å²) in [6, 6.07) is -0.0849. The van der Waals surface area contributed by atoms with E-state index in [1.54, 1.807) is 0 Å². The molecule has 0 saturated heterocycles. The van der Waals surface area contributed by atoms with Gasteiger partial charge in [-0.05, 0) is 39.5 Å². The Labute approximate surface area is 96.5 Å². The number of aromatic nitrogens is 2. The summed E-state index contributed by atoms with van der Waals surface area (Å²) >= 11 is 0. The minimum atomic E-state index is -0.0519. The first kappa shape index (κ1) is 11.6. The molecule has 16 heavy (non-hydrogen) atoms. The maximum atomic E-state index is 9.47. The number of fused-ring (bicyclic) bond motifs is 1. The number of rotatable bonds is 3. The fourth-order valence-electron chi connectivity index (χ4n) is 2.62. The predicted octanol–water partition coefficient (Wildman–Crippen LogP) is 0.951. The lowest BCUT2D eigenvalue weighted by Gasteiger charge is -2.25. The first-order valence-corrected chi connectivity index (χ1v) is 6.08. The van der Waals surface area contributed by atoms with E-state index in [0.29, 0.717) is 0 Å². The van der Waals surface area contributed by atoms with Crippen LogP contribution in [0.5, 0.6) is 0 Å². The third-order valence-electron chi connectivity index (χ3n) is 3.47. The van der Waals surface area contributed by atoms with Gasteiger partial charge in [0.1, 0.15) is 5.82 Å². The number of imidazole rings is 1. The Hall–Kier alpha value is -0.870. The van der Waals surface area contributed by atoms with Crippen LogP contribution in [0.15, 0.2) is 0 Å². The lowest BCUT2D eigenvalue weighted by molar-refractivity contribution is 0.206. The Morgan fingerprint density at radius 2 is 2.12 bits per heavy atom. The molecule has 0 saturated carbocycles. The molecule has 1 aliphatic rings. The SMILES string of the molecule is Cc1nc2c(n1C(CO)C(C)N)CCCC2. The highest BCUT2D eigenvalue weighted by Crippen LogP contribution is 2.26. The zero-order valence-corrected chi connectivity index (χ0v) is 10.1. The first-order chi connectivity index (χ1) is 7.65. The van der Waals surface area contributed by atoms with E-state index in [1.807, 2.05) is 13.8 Å². The molecule has 90 valence electrons. The molecule has 1 aromatic heterocycles. The van der Waals surface area contributed by atoms with Crippen LogP contribution in [-0.2, 0) is 12.8 Å². The van der Waals surface area contributed by atoms with Gasteiger partial charge in [0.25, 0.3) is 0 Å². The Kier molecular flexibility index (Phi) is 3.30. The summed E-state index contributed by atoms with van der Waals surface area (Å²) in [7, 11) is 0. The second-order valence-corrected chi connectivity index (χ2v) is 4.74. The van der Waals surface area contributed by atoms with Crippen molar-refractivity contribution in [1.29, 1.82) is 0 Å². The number of aliphatic hydroxyl groups excluding tert-OH is 1. The number of nitrogens with two attached hydrogens (primary N) is 1. The molecule has 0 fully saturated rings. The summed E-state index contributed by atoms with van der Waals surface area (Å²) in [6.07, 6.45) is 4.58. The van der Waals surface area contributed by atoms with Crippen molar-refractivity contribution in [2.75, 3.05) is 6.61 Å². The minimum Gasteiger partial charge on any atom is -0.394 e. The summed E-state index contributed by atoms with van der Waals surface area (Å²) in [4.78, 5) is 4.60. The van der Waals surface area contributed by atoms with Crippen LogP contribution in [0.25, 0.3) is 0 Å². The van der Waals surface area contributed by atoms with Gasteiger partial charge in [0.2, 0.25) is 0 Å². The van der Waals surface area contributed by atoms with Gasteiger partial charge >= 0.3 is 0 Å². The van der Waals surface area contributed by atoms with Crippen LogP contribution < -0.4 is 5.73 Å². The third kappa shape index (κ3) is 1.87. The third-order valence-corrected chi connectivity index (χ3v) is 3.47. The van der Waals surface area contributed by atoms with E-state index in [1.165, 1.54) is 24.2 Å². The van der Waals surface area contributed by atoms with Gasteiger partial charge in [-0.25, -0.2) is 4.98 Å². The molecule has 0 radical (unpaired) electrons. The molecule has 1 aliphatic carbocycles. The van der Waals surface area contributed by atoms with Crippen LogP contribution in [-0.4, -0.2) is 27.3 Å². The van der Waals surface area contributed by atoms with Crippen LogP contribution in [0, 0.1) is 6.92 Å². The molecule has 4 heteroatoms. The van der Waals surface area contributed by atoms with Crippen LogP contribution in [0.4, 0.5) is 0 Å². The average Bonchev–Trinajstić information content (AvgIpc) is 2.57. The molecule has 0 aliphatic heterocycles. The summed E-state index contributed by atoms with van der Waals surface area (Å²) in [5.74, 6) is 0.989. The van der Waals surface area contributed by atoms with Crippen LogP contribution in [0.2, 0.25) is 0 Å². The fourth-order valence-corrected chi connectivity index (χ4v) is 2.62. The van der Waals surface area contributed by atoms with Crippen molar-refractivity contribution in [3.8, 4) is 0 Å². The van der Waals surface area contributed by atoms with E-state index in [4.69, 9.17) is 5.73 Å². The van der Waals surface area contributed by atoms with Crippen molar-refractivity contribution in [2.45, 2.75) is 51.6 Å². The molecular formula is C12H21N3O. The quantitative estimate of drug-likeness (QED) is 0.802. The van der Waals surface area contributed by atoms with E-state index in [0.717, 1.165) is 18.7 Å². The highest BCUT2D eigenvalue weighted by molar-refractivity contribution is 5.21. The van der Waals surface area contributed by atoms with Gasteiger partial charge in [-0.1, -0.05) is 0 Å². The maximum Gasteiger partial charge on any atom is 0.106 e. The Bertz CT molecular complexity index is 371. The van der Waals surface area contributed by atoms with E-state index in [-0.39, 0.29) is 18.7 Å². The van der Waals surface area contributed by atoms with Gasteiger partial charge in [-0.15, -0.1) is 0 Å². The van der Waals surface area contributed by atoms with Gasteiger partial charge in [-0.2, -0.15) is 0 Å². The molecule has 0 spiro atoms. The van der Waals surface area contributed by atoms with Gasteiger partial charge < -0.3 is 15.4 Å². The largest absolute Gasteiger partial charge is 0.394 e. The number of aryl methyl sites for hydroxylation is 2. The number of hydrogen-bond donors (Lipinski definition) is 2.